The smallest absolute Gasteiger partial charge is 0.111 e. The molecule has 1 aliphatic carbocycles. The minimum Gasteiger partial charge on any atom is -0.367 e. The largest absolute Gasteiger partial charge is 0.367 e. The molecule has 0 fully saturated rings. The number of amidine groups is 1. The molecule has 0 spiro atoms. The highest BCUT2D eigenvalue weighted by Crippen LogP contribution is 2.32. The second-order valence-electron chi connectivity index (χ2n) is 8.55. The lowest BCUT2D eigenvalue weighted by Gasteiger charge is -2.32. The quantitative estimate of drug-likeness (QED) is 0.715. The van der Waals surface area contributed by atoms with Crippen molar-refractivity contribution >= 4 is 11.5 Å². The maximum Gasteiger partial charge on any atom is 0.111 e. The van der Waals surface area contributed by atoms with Gasteiger partial charge in [-0.1, -0.05) is 39.0 Å². The summed E-state index contributed by atoms with van der Waals surface area (Å²) in [7, 11) is 0. The summed E-state index contributed by atoms with van der Waals surface area (Å²) in [5.41, 5.74) is 4.70. The highest BCUT2D eigenvalue weighted by molar-refractivity contribution is 5.99. The molecule has 3 unspecified atom stereocenters. The van der Waals surface area contributed by atoms with Crippen LogP contribution in [0.25, 0.3) is 0 Å². The number of rotatable bonds is 2. The summed E-state index contributed by atoms with van der Waals surface area (Å²) in [6.45, 7) is 8.76. The van der Waals surface area contributed by atoms with Gasteiger partial charge in [-0.2, -0.15) is 0 Å². The standard InChI is InChI=1S/C21H29N5/c1-13-6-5-7-16(24-13)19-18(25-20(26-19)21(2,3)4)14-8-9-15-17(12-14)23-11-10-22-15/h6,9-12,14,18-19,22-23H,5,7-8H2,1-4H3,(H,25,26). The van der Waals surface area contributed by atoms with Crippen molar-refractivity contribution in [2.24, 2.45) is 21.3 Å². The van der Waals surface area contributed by atoms with Crippen LogP contribution in [-0.2, 0) is 0 Å². The maximum atomic E-state index is 5.13. The van der Waals surface area contributed by atoms with Crippen LogP contribution in [0.15, 0.2) is 57.7 Å². The molecule has 4 aliphatic rings. The zero-order valence-corrected chi connectivity index (χ0v) is 16.1. The van der Waals surface area contributed by atoms with Gasteiger partial charge in [0, 0.05) is 35.1 Å². The summed E-state index contributed by atoms with van der Waals surface area (Å²) in [5.74, 6) is 1.49. The Morgan fingerprint density at radius 3 is 2.58 bits per heavy atom. The van der Waals surface area contributed by atoms with Gasteiger partial charge in [0.15, 0.2) is 0 Å². The van der Waals surface area contributed by atoms with Gasteiger partial charge in [-0.25, -0.2) is 0 Å². The lowest BCUT2D eigenvalue weighted by atomic mass is 9.84. The molecule has 3 aliphatic heterocycles. The predicted octanol–water partition coefficient (Wildman–Crippen LogP) is 3.36. The van der Waals surface area contributed by atoms with Crippen molar-refractivity contribution in [2.45, 2.75) is 59.0 Å². The second-order valence-corrected chi connectivity index (χ2v) is 8.55. The summed E-state index contributed by atoms with van der Waals surface area (Å²) >= 11 is 0. The fourth-order valence-corrected chi connectivity index (χ4v) is 4.01. The lowest BCUT2D eigenvalue weighted by Crippen LogP contribution is -2.46. The number of allylic oxidation sites excluding steroid dienone is 3. The van der Waals surface area contributed by atoms with E-state index in [2.05, 4.69) is 61.9 Å². The first kappa shape index (κ1) is 17.1. The average molecular weight is 351 g/mol. The molecule has 3 N–H and O–H groups in total. The molecule has 0 bridgehead atoms. The Morgan fingerprint density at radius 2 is 1.85 bits per heavy atom. The van der Waals surface area contributed by atoms with Gasteiger partial charge in [0.2, 0.25) is 0 Å². The fraction of sp³-hybridized carbons (Fsp3) is 0.524. The topological polar surface area (TPSA) is 60.8 Å². The van der Waals surface area contributed by atoms with Crippen molar-refractivity contribution in [1.29, 1.82) is 0 Å². The Morgan fingerprint density at radius 1 is 1.08 bits per heavy atom. The zero-order chi connectivity index (χ0) is 18.3. The predicted molar refractivity (Wildman–Crippen MR) is 108 cm³/mol. The minimum atomic E-state index is 0.0172. The van der Waals surface area contributed by atoms with Crippen molar-refractivity contribution in [3.63, 3.8) is 0 Å². The van der Waals surface area contributed by atoms with Crippen LogP contribution in [0.1, 0.15) is 47.0 Å². The highest BCUT2D eigenvalue weighted by atomic mass is 15.2. The SMILES string of the molecule is CC1=CCCC(C2N=C(C(C)(C)C)NC2C2C=C3NC=CNC3=CC2)=N1. The summed E-state index contributed by atoms with van der Waals surface area (Å²) in [4.78, 5) is 9.99. The van der Waals surface area contributed by atoms with Crippen molar-refractivity contribution in [2.75, 3.05) is 0 Å². The van der Waals surface area contributed by atoms with Crippen molar-refractivity contribution in [3.8, 4) is 0 Å². The van der Waals surface area contributed by atoms with Crippen molar-refractivity contribution in [1.82, 2.24) is 16.0 Å². The van der Waals surface area contributed by atoms with Crippen LogP contribution >= 0.6 is 0 Å². The molecule has 0 aromatic heterocycles. The van der Waals surface area contributed by atoms with Gasteiger partial charge in [0.1, 0.15) is 11.9 Å². The van der Waals surface area contributed by atoms with Crippen LogP contribution in [0.3, 0.4) is 0 Å². The van der Waals surface area contributed by atoms with E-state index in [9.17, 15) is 0 Å². The molecular weight excluding hydrogens is 322 g/mol. The molecule has 0 aromatic rings. The lowest BCUT2D eigenvalue weighted by molar-refractivity contribution is 0.446. The monoisotopic (exact) mass is 351 g/mol. The molecule has 3 atom stereocenters. The van der Waals surface area contributed by atoms with Crippen LogP contribution in [-0.4, -0.2) is 23.6 Å². The van der Waals surface area contributed by atoms with E-state index in [1.807, 2.05) is 12.4 Å². The van der Waals surface area contributed by atoms with Gasteiger partial charge >= 0.3 is 0 Å². The molecule has 0 radical (unpaired) electrons. The van der Waals surface area contributed by atoms with Crippen LogP contribution in [0.2, 0.25) is 0 Å². The molecule has 5 nitrogen and oxygen atoms in total. The first-order valence-electron chi connectivity index (χ1n) is 9.61. The highest BCUT2D eigenvalue weighted by Gasteiger charge is 2.40. The minimum absolute atomic E-state index is 0.0172. The van der Waals surface area contributed by atoms with Gasteiger partial charge in [-0.15, -0.1) is 0 Å². The molecule has 26 heavy (non-hydrogen) atoms. The van der Waals surface area contributed by atoms with Gasteiger partial charge in [-0.05, 0) is 26.2 Å². The van der Waals surface area contributed by atoms with E-state index >= 15 is 0 Å². The Bertz CT molecular complexity index is 773. The number of hydrogen-bond donors (Lipinski definition) is 3. The molecule has 4 rings (SSSR count). The van der Waals surface area contributed by atoms with Crippen LogP contribution in [0.5, 0.6) is 0 Å². The Kier molecular flexibility index (Phi) is 4.25. The van der Waals surface area contributed by atoms with Crippen LogP contribution < -0.4 is 16.0 Å². The number of aliphatic imine (C=N–C) groups is 2. The Labute approximate surface area is 156 Å². The van der Waals surface area contributed by atoms with E-state index in [-0.39, 0.29) is 17.5 Å². The third kappa shape index (κ3) is 3.22. The number of nitrogens with one attached hydrogen (secondary N) is 3. The molecule has 0 saturated carbocycles. The molecule has 0 amide bonds. The van der Waals surface area contributed by atoms with Gasteiger partial charge in [0.25, 0.3) is 0 Å². The fourth-order valence-electron chi connectivity index (χ4n) is 4.01. The van der Waals surface area contributed by atoms with E-state index in [1.165, 1.54) is 11.4 Å². The van der Waals surface area contributed by atoms with E-state index in [4.69, 9.17) is 9.98 Å². The Balaban J connectivity index is 1.64. The third-order valence-electron chi connectivity index (χ3n) is 5.41. The summed E-state index contributed by atoms with van der Waals surface area (Å²) in [6, 6.07) is 0.378. The first-order chi connectivity index (χ1) is 12.4. The number of hydrogen-bond acceptors (Lipinski definition) is 5. The zero-order valence-electron chi connectivity index (χ0n) is 16.1. The van der Waals surface area contributed by atoms with Crippen molar-refractivity contribution < 1.29 is 0 Å². The second kappa shape index (κ2) is 6.45. The molecule has 0 saturated heterocycles. The van der Waals surface area contributed by atoms with Crippen LogP contribution in [0, 0.1) is 11.3 Å². The number of nitrogens with zero attached hydrogens (tertiary/aromatic N) is 2. The number of fused-ring (bicyclic) bond motifs is 1. The van der Waals surface area contributed by atoms with Gasteiger partial charge in [0.05, 0.1) is 17.4 Å². The summed E-state index contributed by atoms with van der Waals surface area (Å²) in [5, 5.41) is 10.4. The molecule has 138 valence electrons. The molecule has 0 aromatic carbocycles. The maximum absolute atomic E-state index is 5.13. The molecule has 5 heteroatoms. The normalized spacial score (nSPS) is 30.6. The third-order valence-corrected chi connectivity index (χ3v) is 5.41. The first-order valence-corrected chi connectivity index (χ1v) is 9.61. The average Bonchev–Trinajstić information content (AvgIpc) is 3.07. The summed E-state index contributed by atoms with van der Waals surface area (Å²) < 4.78 is 0. The van der Waals surface area contributed by atoms with Crippen LogP contribution in [0.4, 0.5) is 0 Å². The van der Waals surface area contributed by atoms with Gasteiger partial charge < -0.3 is 16.0 Å². The van der Waals surface area contributed by atoms with E-state index in [0.717, 1.165) is 36.5 Å². The van der Waals surface area contributed by atoms with E-state index in [1.54, 1.807) is 0 Å². The van der Waals surface area contributed by atoms with E-state index < -0.39 is 0 Å². The summed E-state index contributed by atoms with van der Waals surface area (Å²) in [6.07, 6.45) is 13.8. The molecule has 3 heterocycles. The van der Waals surface area contributed by atoms with E-state index in [0.29, 0.717) is 5.92 Å². The van der Waals surface area contributed by atoms with Crippen molar-refractivity contribution in [3.05, 3.63) is 47.7 Å². The Hall–Kier alpha value is -2.30. The molecular formula is C21H29N5. The van der Waals surface area contributed by atoms with Gasteiger partial charge in [-0.3, -0.25) is 9.98 Å².